The predicted molar refractivity (Wildman–Crippen MR) is 83.0 cm³/mol. The van der Waals surface area contributed by atoms with Gasteiger partial charge in [0, 0.05) is 24.4 Å². The first-order valence-electron chi connectivity index (χ1n) is 6.95. The molecule has 7 heteroatoms. The number of nitrogens with zero attached hydrogens (tertiary/aromatic N) is 2. The number of ether oxygens (including phenoxy) is 1. The topological polar surface area (TPSA) is 72.7 Å². The number of amides is 1. The maximum Gasteiger partial charge on any atom is 0.311 e. The molecule has 0 spiro atoms. The van der Waals surface area contributed by atoms with Crippen LogP contribution in [0.3, 0.4) is 0 Å². The third kappa shape index (κ3) is 4.03. The second-order valence-corrected chi connectivity index (χ2v) is 4.63. The van der Waals surface area contributed by atoms with E-state index in [9.17, 15) is 19.3 Å². The third-order valence-corrected chi connectivity index (χ3v) is 3.15. The summed E-state index contributed by atoms with van der Waals surface area (Å²) < 4.78 is 18.4. The zero-order valence-corrected chi connectivity index (χ0v) is 12.4. The highest BCUT2D eigenvalue weighted by Crippen LogP contribution is 2.27. The number of carbonyl (C=O) groups excluding carboxylic acids is 1. The van der Waals surface area contributed by atoms with Gasteiger partial charge in [-0.2, -0.15) is 0 Å². The van der Waals surface area contributed by atoms with E-state index in [0.717, 1.165) is 18.2 Å². The molecule has 0 bridgehead atoms. The summed E-state index contributed by atoms with van der Waals surface area (Å²) in [5, 5.41) is 10.9. The number of rotatable bonds is 6. The van der Waals surface area contributed by atoms with Crippen LogP contribution < -0.4 is 9.64 Å². The number of nitro groups is 1. The molecule has 2 aromatic rings. The van der Waals surface area contributed by atoms with Gasteiger partial charge in [0.15, 0.2) is 6.61 Å². The van der Waals surface area contributed by atoms with Gasteiger partial charge in [0.25, 0.3) is 5.91 Å². The average molecular weight is 318 g/mol. The lowest BCUT2D eigenvalue weighted by Gasteiger charge is -2.21. The van der Waals surface area contributed by atoms with Gasteiger partial charge in [-0.1, -0.05) is 18.2 Å². The van der Waals surface area contributed by atoms with Crippen LogP contribution in [0.1, 0.15) is 6.92 Å². The zero-order chi connectivity index (χ0) is 16.8. The Hall–Kier alpha value is -2.96. The van der Waals surface area contributed by atoms with Gasteiger partial charge >= 0.3 is 5.69 Å². The molecule has 0 radical (unpaired) electrons. The van der Waals surface area contributed by atoms with Crippen molar-refractivity contribution in [1.29, 1.82) is 0 Å². The van der Waals surface area contributed by atoms with Crippen LogP contribution in [0, 0.1) is 15.9 Å². The first-order chi connectivity index (χ1) is 11.0. The van der Waals surface area contributed by atoms with E-state index in [1.807, 2.05) is 6.07 Å². The molecule has 0 atom stereocenters. The minimum absolute atomic E-state index is 0.271. The Morgan fingerprint density at radius 2 is 1.96 bits per heavy atom. The molecule has 0 saturated carbocycles. The van der Waals surface area contributed by atoms with Crippen LogP contribution in [0.15, 0.2) is 48.5 Å². The van der Waals surface area contributed by atoms with Gasteiger partial charge in [-0.25, -0.2) is 4.39 Å². The van der Waals surface area contributed by atoms with Crippen molar-refractivity contribution in [3.8, 4) is 5.75 Å². The molecule has 0 saturated heterocycles. The summed E-state index contributed by atoms with van der Waals surface area (Å²) in [5.41, 5.74) is 0.305. The van der Waals surface area contributed by atoms with Crippen molar-refractivity contribution in [2.24, 2.45) is 0 Å². The number of hydrogen-bond acceptors (Lipinski definition) is 4. The average Bonchev–Trinajstić information content (AvgIpc) is 2.54. The minimum atomic E-state index is -0.686. The number of benzene rings is 2. The molecule has 0 aliphatic heterocycles. The van der Waals surface area contributed by atoms with Crippen LogP contribution in [0.4, 0.5) is 15.8 Å². The Kier molecular flexibility index (Phi) is 5.24. The lowest BCUT2D eigenvalue weighted by molar-refractivity contribution is -0.385. The van der Waals surface area contributed by atoms with Crippen molar-refractivity contribution >= 4 is 17.3 Å². The Balaban J connectivity index is 2.12. The van der Waals surface area contributed by atoms with Crippen molar-refractivity contribution in [3.63, 3.8) is 0 Å². The molecule has 2 rings (SSSR count). The normalized spacial score (nSPS) is 10.2. The summed E-state index contributed by atoms with van der Waals surface area (Å²) in [4.78, 5) is 23.9. The molecule has 0 aliphatic carbocycles. The smallest absolute Gasteiger partial charge is 0.311 e. The molecule has 2 aromatic carbocycles. The molecule has 1 amide bonds. The third-order valence-electron chi connectivity index (χ3n) is 3.15. The predicted octanol–water partition coefficient (Wildman–Crippen LogP) is 3.17. The first-order valence-corrected chi connectivity index (χ1v) is 6.95. The van der Waals surface area contributed by atoms with Crippen LogP contribution in [0.2, 0.25) is 0 Å². The lowest BCUT2D eigenvalue weighted by atomic mass is 10.3. The standard InChI is InChI=1S/C16H15FN2O4/c1-2-18(13-6-4-3-5-7-13)16(20)11-23-15-10-12(17)8-9-14(15)19(21)22/h3-10H,2,11H2,1H3. The number of para-hydroxylation sites is 1. The molecular formula is C16H15FN2O4. The molecule has 0 aliphatic rings. The van der Waals surface area contributed by atoms with Crippen LogP contribution in [0.25, 0.3) is 0 Å². The van der Waals surface area contributed by atoms with E-state index in [2.05, 4.69) is 0 Å². The van der Waals surface area contributed by atoms with Crippen LogP contribution in [-0.4, -0.2) is 24.0 Å². The van der Waals surface area contributed by atoms with E-state index in [1.54, 1.807) is 31.2 Å². The van der Waals surface area contributed by atoms with Gasteiger partial charge in [-0.15, -0.1) is 0 Å². The molecule has 23 heavy (non-hydrogen) atoms. The summed E-state index contributed by atoms with van der Waals surface area (Å²) in [6.07, 6.45) is 0. The highest BCUT2D eigenvalue weighted by atomic mass is 19.1. The van der Waals surface area contributed by atoms with Gasteiger partial charge in [0.2, 0.25) is 5.75 Å². The zero-order valence-electron chi connectivity index (χ0n) is 12.4. The van der Waals surface area contributed by atoms with E-state index >= 15 is 0 Å². The van der Waals surface area contributed by atoms with E-state index in [0.29, 0.717) is 12.2 Å². The maximum atomic E-state index is 13.2. The minimum Gasteiger partial charge on any atom is -0.477 e. The quantitative estimate of drug-likeness (QED) is 0.606. The second kappa shape index (κ2) is 7.35. The Bertz CT molecular complexity index is 706. The maximum absolute atomic E-state index is 13.2. The van der Waals surface area contributed by atoms with Crippen LogP contribution in [-0.2, 0) is 4.79 Å². The molecule has 0 unspecified atom stereocenters. The van der Waals surface area contributed by atoms with Gasteiger partial charge in [-0.3, -0.25) is 14.9 Å². The van der Waals surface area contributed by atoms with Gasteiger partial charge < -0.3 is 9.64 Å². The van der Waals surface area contributed by atoms with E-state index in [1.165, 1.54) is 4.90 Å². The van der Waals surface area contributed by atoms with Crippen molar-refractivity contribution in [2.45, 2.75) is 6.92 Å². The van der Waals surface area contributed by atoms with Crippen molar-refractivity contribution in [1.82, 2.24) is 0 Å². The summed E-state index contributed by atoms with van der Waals surface area (Å²) >= 11 is 0. The number of halogens is 1. The molecule has 6 nitrogen and oxygen atoms in total. The molecule has 0 N–H and O–H groups in total. The van der Waals surface area contributed by atoms with E-state index < -0.39 is 17.3 Å². The van der Waals surface area contributed by atoms with Crippen LogP contribution >= 0.6 is 0 Å². The summed E-state index contributed by atoms with van der Waals surface area (Å²) in [7, 11) is 0. The number of nitro benzene ring substituents is 1. The molecule has 0 fully saturated rings. The Morgan fingerprint density at radius 1 is 1.26 bits per heavy atom. The fourth-order valence-electron chi connectivity index (χ4n) is 2.08. The summed E-state index contributed by atoms with van der Waals surface area (Å²) in [5.74, 6) is -1.32. The van der Waals surface area contributed by atoms with E-state index in [-0.39, 0.29) is 17.3 Å². The summed E-state index contributed by atoms with van der Waals surface area (Å²) in [6.45, 7) is 1.79. The monoisotopic (exact) mass is 318 g/mol. The fourth-order valence-corrected chi connectivity index (χ4v) is 2.08. The highest BCUT2D eigenvalue weighted by Gasteiger charge is 2.19. The molecule has 0 heterocycles. The van der Waals surface area contributed by atoms with Gasteiger partial charge in [0.1, 0.15) is 5.82 Å². The number of hydrogen-bond donors (Lipinski definition) is 0. The Labute approximate surface area is 132 Å². The lowest BCUT2D eigenvalue weighted by Crippen LogP contribution is -2.34. The van der Waals surface area contributed by atoms with Crippen molar-refractivity contribution in [3.05, 3.63) is 64.5 Å². The second-order valence-electron chi connectivity index (χ2n) is 4.63. The fraction of sp³-hybridized carbons (Fsp3) is 0.188. The molecule has 120 valence electrons. The number of anilines is 1. The summed E-state index contributed by atoms with van der Waals surface area (Å²) in [6, 6.07) is 11.8. The van der Waals surface area contributed by atoms with Gasteiger partial charge in [0.05, 0.1) is 4.92 Å². The Morgan fingerprint density at radius 3 is 2.57 bits per heavy atom. The number of carbonyl (C=O) groups is 1. The van der Waals surface area contributed by atoms with E-state index in [4.69, 9.17) is 4.74 Å². The SMILES string of the molecule is CCN(C(=O)COc1cc(F)ccc1[N+](=O)[O-])c1ccccc1. The molecule has 0 aromatic heterocycles. The number of likely N-dealkylation sites (N-methyl/N-ethyl adjacent to an activating group) is 1. The van der Waals surface area contributed by atoms with Crippen molar-refractivity contribution < 1.29 is 18.8 Å². The highest BCUT2D eigenvalue weighted by molar-refractivity contribution is 5.94. The van der Waals surface area contributed by atoms with Crippen LogP contribution in [0.5, 0.6) is 5.75 Å². The largest absolute Gasteiger partial charge is 0.477 e. The van der Waals surface area contributed by atoms with Crippen molar-refractivity contribution in [2.75, 3.05) is 18.1 Å². The molecular weight excluding hydrogens is 303 g/mol. The first kappa shape index (κ1) is 16.4. The van der Waals surface area contributed by atoms with Gasteiger partial charge in [-0.05, 0) is 25.1 Å².